The first-order valence-corrected chi connectivity index (χ1v) is 6.84. The Bertz CT molecular complexity index is 647. The van der Waals surface area contributed by atoms with Crippen LogP contribution in [0.3, 0.4) is 0 Å². The molecule has 2 heterocycles. The summed E-state index contributed by atoms with van der Waals surface area (Å²) in [5.41, 5.74) is 0.514. The molecule has 114 valence electrons. The van der Waals surface area contributed by atoms with E-state index in [1.165, 1.54) is 19.1 Å². The number of rotatable bonds is 3. The van der Waals surface area contributed by atoms with Gasteiger partial charge in [0.25, 0.3) is 11.8 Å². The van der Waals surface area contributed by atoms with Gasteiger partial charge in [-0.3, -0.25) is 14.5 Å². The van der Waals surface area contributed by atoms with Gasteiger partial charge in [-0.1, -0.05) is 12.1 Å². The summed E-state index contributed by atoms with van der Waals surface area (Å²) in [7, 11) is 0. The van der Waals surface area contributed by atoms with Crippen LogP contribution in [0, 0.1) is 0 Å². The quantitative estimate of drug-likeness (QED) is 0.597. The maximum absolute atomic E-state index is 12.3. The highest BCUT2D eigenvalue weighted by Crippen LogP contribution is 2.25. The molecule has 2 aliphatic heterocycles. The van der Waals surface area contributed by atoms with Gasteiger partial charge in [-0.05, 0) is 19.1 Å². The van der Waals surface area contributed by atoms with Crippen LogP contribution in [0.1, 0.15) is 34.1 Å². The van der Waals surface area contributed by atoms with Crippen LogP contribution in [0.4, 0.5) is 0 Å². The zero-order valence-corrected chi connectivity index (χ0v) is 11.8. The zero-order chi connectivity index (χ0) is 15.9. The normalized spacial score (nSPS) is 21.6. The van der Waals surface area contributed by atoms with E-state index < -0.39 is 35.9 Å². The van der Waals surface area contributed by atoms with Crippen LogP contribution in [0.2, 0.25) is 0 Å². The lowest BCUT2D eigenvalue weighted by Gasteiger charge is -2.21. The number of imide groups is 1. The van der Waals surface area contributed by atoms with Crippen LogP contribution in [0.15, 0.2) is 24.3 Å². The Morgan fingerprint density at radius 1 is 1.23 bits per heavy atom. The molecule has 0 aromatic heterocycles. The molecule has 7 nitrogen and oxygen atoms in total. The van der Waals surface area contributed by atoms with Crippen LogP contribution in [-0.4, -0.2) is 47.4 Å². The first-order valence-electron chi connectivity index (χ1n) is 6.84. The third-order valence-corrected chi connectivity index (χ3v) is 3.70. The van der Waals surface area contributed by atoms with Gasteiger partial charge in [-0.2, -0.15) is 0 Å². The van der Waals surface area contributed by atoms with E-state index in [1.807, 2.05) is 0 Å². The summed E-state index contributed by atoms with van der Waals surface area (Å²) in [5.74, 6) is -2.50. The molecule has 0 saturated carbocycles. The van der Waals surface area contributed by atoms with E-state index in [-0.39, 0.29) is 24.2 Å². The number of benzene rings is 1. The third-order valence-electron chi connectivity index (χ3n) is 3.70. The highest BCUT2D eigenvalue weighted by atomic mass is 16.6. The summed E-state index contributed by atoms with van der Waals surface area (Å²) >= 11 is 0. The third kappa shape index (κ3) is 2.14. The number of fused-ring (bicyclic) bond motifs is 1. The first-order chi connectivity index (χ1) is 10.5. The molecule has 2 atom stereocenters. The van der Waals surface area contributed by atoms with Crippen LogP contribution in [0.5, 0.6) is 0 Å². The van der Waals surface area contributed by atoms with Crippen molar-refractivity contribution in [1.82, 2.24) is 4.90 Å². The van der Waals surface area contributed by atoms with Gasteiger partial charge in [0.2, 0.25) is 6.10 Å². The lowest BCUT2D eigenvalue weighted by Crippen LogP contribution is -2.45. The van der Waals surface area contributed by atoms with Crippen molar-refractivity contribution in [3.8, 4) is 0 Å². The van der Waals surface area contributed by atoms with E-state index in [1.54, 1.807) is 12.1 Å². The van der Waals surface area contributed by atoms with Gasteiger partial charge >= 0.3 is 11.9 Å². The summed E-state index contributed by atoms with van der Waals surface area (Å²) in [6.45, 7) is 1.59. The fraction of sp³-hybridized carbons (Fsp3) is 0.333. The molecule has 1 aromatic carbocycles. The van der Waals surface area contributed by atoms with Gasteiger partial charge in [-0.15, -0.1) is 0 Å². The lowest BCUT2D eigenvalue weighted by atomic mass is 10.1. The predicted octanol–water partition coefficient (Wildman–Crippen LogP) is 0.530. The van der Waals surface area contributed by atoms with E-state index >= 15 is 0 Å². The minimum Gasteiger partial charge on any atom is -0.463 e. The van der Waals surface area contributed by atoms with E-state index in [0.29, 0.717) is 0 Å². The van der Waals surface area contributed by atoms with Crippen LogP contribution < -0.4 is 0 Å². The van der Waals surface area contributed by atoms with Crippen molar-refractivity contribution in [3.05, 3.63) is 35.4 Å². The van der Waals surface area contributed by atoms with Crippen molar-refractivity contribution >= 4 is 23.8 Å². The first kappa shape index (κ1) is 14.2. The minimum atomic E-state index is -1.11. The average molecular weight is 303 g/mol. The monoisotopic (exact) mass is 303 g/mol. The number of hydrogen-bond acceptors (Lipinski definition) is 6. The molecule has 0 radical (unpaired) electrons. The van der Waals surface area contributed by atoms with Crippen molar-refractivity contribution in [2.45, 2.75) is 25.5 Å². The standard InChI is InChI=1S/C15H13NO6/c1-8(14(19)22-11-6-7-21-15(11)20)16-12(17)9-4-2-3-5-10(9)13(16)18/h2-5,8,11H,6-7H2,1H3/t8-,11+/m0/s1. The van der Waals surface area contributed by atoms with Crippen LogP contribution >= 0.6 is 0 Å². The topological polar surface area (TPSA) is 90.0 Å². The molecule has 0 N–H and O–H groups in total. The zero-order valence-electron chi connectivity index (χ0n) is 11.8. The Morgan fingerprint density at radius 2 is 1.82 bits per heavy atom. The molecule has 0 unspecified atom stereocenters. The Kier molecular flexibility index (Phi) is 3.40. The van der Waals surface area contributed by atoms with E-state index in [0.717, 1.165) is 4.90 Å². The number of esters is 2. The SMILES string of the molecule is C[C@@H](C(=O)O[C@@H]1CCOC1=O)N1C(=O)c2ccccc2C1=O. The molecular weight excluding hydrogens is 290 g/mol. The second-order valence-electron chi connectivity index (χ2n) is 5.08. The Labute approximate surface area is 125 Å². The van der Waals surface area contributed by atoms with Gasteiger partial charge in [0, 0.05) is 6.42 Å². The second-order valence-corrected chi connectivity index (χ2v) is 5.08. The number of nitrogens with zero attached hydrogens (tertiary/aromatic N) is 1. The Morgan fingerprint density at radius 3 is 2.32 bits per heavy atom. The number of cyclic esters (lactones) is 1. The maximum atomic E-state index is 12.3. The van der Waals surface area contributed by atoms with Crippen LogP contribution in [0.25, 0.3) is 0 Å². The minimum absolute atomic E-state index is 0.193. The largest absolute Gasteiger partial charge is 0.463 e. The van der Waals surface area contributed by atoms with Crippen molar-refractivity contribution in [2.75, 3.05) is 6.61 Å². The number of amides is 2. The number of carbonyl (C=O) groups is 4. The summed E-state index contributed by atoms with van der Waals surface area (Å²) in [4.78, 5) is 48.8. The van der Waals surface area contributed by atoms with Gasteiger partial charge in [-0.25, -0.2) is 9.59 Å². The van der Waals surface area contributed by atoms with E-state index in [9.17, 15) is 19.2 Å². The average Bonchev–Trinajstić information content (AvgIpc) is 3.02. The molecule has 1 saturated heterocycles. The fourth-order valence-corrected chi connectivity index (χ4v) is 2.49. The van der Waals surface area contributed by atoms with Gasteiger partial charge in [0.15, 0.2) is 0 Å². The highest BCUT2D eigenvalue weighted by Gasteiger charge is 2.42. The summed E-state index contributed by atoms with van der Waals surface area (Å²) in [6, 6.07) is 5.24. The van der Waals surface area contributed by atoms with Crippen molar-refractivity contribution < 1.29 is 28.7 Å². The van der Waals surface area contributed by atoms with Gasteiger partial charge in [0.05, 0.1) is 17.7 Å². The van der Waals surface area contributed by atoms with Gasteiger partial charge < -0.3 is 9.47 Å². The lowest BCUT2D eigenvalue weighted by molar-refractivity contribution is -0.162. The molecule has 0 bridgehead atoms. The van der Waals surface area contributed by atoms with Crippen molar-refractivity contribution in [3.63, 3.8) is 0 Å². The molecule has 0 spiro atoms. The molecule has 1 fully saturated rings. The molecule has 2 amide bonds. The molecule has 0 aliphatic carbocycles. The summed E-state index contributed by atoms with van der Waals surface area (Å²) in [5, 5.41) is 0. The van der Waals surface area contributed by atoms with Gasteiger partial charge in [0.1, 0.15) is 6.04 Å². The van der Waals surface area contributed by atoms with Crippen LogP contribution in [-0.2, 0) is 19.1 Å². The number of hydrogen-bond donors (Lipinski definition) is 0. The second kappa shape index (κ2) is 5.25. The predicted molar refractivity (Wildman–Crippen MR) is 71.9 cm³/mol. The highest BCUT2D eigenvalue weighted by molar-refractivity contribution is 6.22. The number of ether oxygens (including phenoxy) is 2. The molecule has 7 heteroatoms. The fourth-order valence-electron chi connectivity index (χ4n) is 2.49. The van der Waals surface area contributed by atoms with E-state index in [4.69, 9.17) is 9.47 Å². The maximum Gasteiger partial charge on any atom is 0.347 e. The summed E-state index contributed by atoms with van der Waals surface area (Å²) in [6.07, 6.45) is -0.690. The molecule has 22 heavy (non-hydrogen) atoms. The molecule has 3 rings (SSSR count). The van der Waals surface area contributed by atoms with E-state index in [2.05, 4.69) is 0 Å². The molecule has 1 aromatic rings. The van der Waals surface area contributed by atoms with Crippen molar-refractivity contribution in [2.24, 2.45) is 0 Å². The van der Waals surface area contributed by atoms with Crippen molar-refractivity contribution in [1.29, 1.82) is 0 Å². The number of carbonyl (C=O) groups excluding carboxylic acids is 4. The molecular formula is C15H13NO6. The molecule has 2 aliphatic rings. The Hall–Kier alpha value is -2.70. The smallest absolute Gasteiger partial charge is 0.347 e. The Balaban J connectivity index is 1.77. The summed E-state index contributed by atoms with van der Waals surface area (Å²) < 4.78 is 9.73.